The van der Waals surface area contributed by atoms with Crippen molar-refractivity contribution in [3.05, 3.63) is 11.6 Å². The fourth-order valence-electron chi connectivity index (χ4n) is 1.80. The molecule has 0 aromatic heterocycles. The molecule has 0 aliphatic heterocycles. The van der Waals surface area contributed by atoms with Crippen molar-refractivity contribution in [2.45, 2.75) is 40.0 Å². The molecule has 1 nitrogen and oxygen atoms in total. The van der Waals surface area contributed by atoms with Crippen LogP contribution >= 0.6 is 0 Å². The third kappa shape index (κ3) is 2.20. The van der Waals surface area contributed by atoms with Gasteiger partial charge in [0.25, 0.3) is 0 Å². The van der Waals surface area contributed by atoms with Crippen molar-refractivity contribution in [3.8, 4) is 0 Å². The van der Waals surface area contributed by atoms with E-state index in [1.54, 1.807) is 0 Å². The summed E-state index contributed by atoms with van der Waals surface area (Å²) in [6, 6.07) is 0. The van der Waals surface area contributed by atoms with Crippen LogP contribution in [0, 0.1) is 11.8 Å². The number of carbonyl (C=O) groups excluding carboxylic acids is 1. The van der Waals surface area contributed by atoms with Gasteiger partial charge in [0.1, 0.15) is 5.78 Å². The Balaban J connectivity index is 2.50. The first kappa shape index (κ1) is 9.50. The Morgan fingerprint density at radius 2 is 2.25 bits per heavy atom. The normalized spacial score (nSPS) is 29.1. The molecular weight excluding hydrogens is 148 g/mol. The molecule has 0 aromatic carbocycles. The van der Waals surface area contributed by atoms with Gasteiger partial charge in [-0.25, -0.2) is 0 Å². The summed E-state index contributed by atoms with van der Waals surface area (Å²) in [7, 11) is 0. The van der Waals surface area contributed by atoms with Gasteiger partial charge in [-0.3, -0.25) is 4.79 Å². The van der Waals surface area contributed by atoms with Gasteiger partial charge in [0.2, 0.25) is 0 Å². The first-order chi connectivity index (χ1) is 5.61. The Labute approximate surface area is 74.9 Å². The smallest absolute Gasteiger partial charge is 0.136 e. The number of hydrogen-bond donors (Lipinski definition) is 0. The number of carbonyl (C=O) groups is 1. The summed E-state index contributed by atoms with van der Waals surface area (Å²) in [5.74, 6) is 1.40. The van der Waals surface area contributed by atoms with Crippen molar-refractivity contribution in [1.82, 2.24) is 0 Å². The first-order valence-corrected chi connectivity index (χ1v) is 4.77. The minimum Gasteiger partial charge on any atom is -0.299 e. The minimum atomic E-state index is 0.319. The van der Waals surface area contributed by atoms with Crippen LogP contribution in [0.3, 0.4) is 0 Å². The predicted octanol–water partition coefficient (Wildman–Crippen LogP) is 2.96. The van der Waals surface area contributed by atoms with Crippen molar-refractivity contribution >= 4 is 5.78 Å². The standard InChI is InChI=1S/C11H18O/c1-8(2)4-6-10-9(3)5-7-11(10)12/h4,9-10H,5-7H2,1-3H3/t9-,10-/m0/s1. The van der Waals surface area contributed by atoms with Crippen LogP contribution in [0.15, 0.2) is 11.6 Å². The van der Waals surface area contributed by atoms with Crippen molar-refractivity contribution < 1.29 is 4.79 Å². The number of ketones is 1. The molecule has 68 valence electrons. The molecule has 1 heteroatoms. The Bertz CT molecular complexity index is 199. The summed E-state index contributed by atoms with van der Waals surface area (Å²) in [4.78, 5) is 11.4. The van der Waals surface area contributed by atoms with Crippen LogP contribution in [-0.4, -0.2) is 5.78 Å². The van der Waals surface area contributed by atoms with Gasteiger partial charge in [-0.05, 0) is 32.6 Å². The van der Waals surface area contributed by atoms with Crippen LogP contribution in [0.25, 0.3) is 0 Å². The molecule has 0 bridgehead atoms. The monoisotopic (exact) mass is 166 g/mol. The third-order valence-electron chi connectivity index (χ3n) is 2.73. The molecule has 0 heterocycles. The van der Waals surface area contributed by atoms with E-state index >= 15 is 0 Å². The number of Topliss-reactive ketones (excluding diaryl/α,β-unsaturated/α-hetero) is 1. The molecule has 1 saturated carbocycles. The SMILES string of the molecule is CC(C)=CC[C@@H]1C(=O)CC[C@@H]1C. The highest BCUT2D eigenvalue weighted by molar-refractivity contribution is 5.83. The molecule has 0 saturated heterocycles. The molecule has 1 aliphatic rings. The maximum Gasteiger partial charge on any atom is 0.136 e. The van der Waals surface area contributed by atoms with Gasteiger partial charge in [0, 0.05) is 12.3 Å². The van der Waals surface area contributed by atoms with E-state index in [9.17, 15) is 4.79 Å². The largest absolute Gasteiger partial charge is 0.299 e. The van der Waals surface area contributed by atoms with E-state index in [2.05, 4.69) is 26.8 Å². The van der Waals surface area contributed by atoms with E-state index in [1.807, 2.05) is 0 Å². The first-order valence-electron chi connectivity index (χ1n) is 4.77. The summed E-state index contributed by atoms with van der Waals surface area (Å²) in [5.41, 5.74) is 1.32. The molecule has 0 amide bonds. The lowest BCUT2D eigenvalue weighted by molar-refractivity contribution is -0.121. The van der Waals surface area contributed by atoms with Gasteiger partial charge in [-0.15, -0.1) is 0 Å². The second kappa shape index (κ2) is 3.88. The van der Waals surface area contributed by atoms with E-state index in [0.29, 0.717) is 17.6 Å². The molecule has 0 spiro atoms. The van der Waals surface area contributed by atoms with Crippen molar-refractivity contribution in [2.75, 3.05) is 0 Å². The molecule has 0 N–H and O–H groups in total. The lowest BCUT2D eigenvalue weighted by Gasteiger charge is -2.10. The summed E-state index contributed by atoms with van der Waals surface area (Å²) >= 11 is 0. The summed E-state index contributed by atoms with van der Waals surface area (Å²) in [5, 5.41) is 0. The fourth-order valence-corrected chi connectivity index (χ4v) is 1.80. The summed E-state index contributed by atoms with van der Waals surface area (Å²) < 4.78 is 0. The molecule has 0 aromatic rings. The number of hydrogen-bond acceptors (Lipinski definition) is 1. The van der Waals surface area contributed by atoms with E-state index in [1.165, 1.54) is 5.57 Å². The third-order valence-corrected chi connectivity index (χ3v) is 2.73. The molecule has 12 heavy (non-hydrogen) atoms. The zero-order valence-electron chi connectivity index (χ0n) is 8.26. The van der Waals surface area contributed by atoms with Gasteiger partial charge < -0.3 is 0 Å². The van der Waals surface area contributed by atoms with Crippen LogP contribution in [0.5, 0.6) is 0 Å². The molecule has 0 radical (unpaired) electrons. The molecular formula is C11H18O. The average molecular weight is 166 g/mol. The molecule has 2 atom stereocenters. The van der Waals surface area contributed by atoms with E-state index in [0.717, 1.165) is 19.3 Å². The Kier molecular flexibility index (Phi) is 3.07. The Morgan fingerprint density at radius 3 is 2.67 bits per heavy atom. The lowest BCUT2D eigenvalue weighted by Crippen LogP contribution is -2.11. The van der Waals surface area contributed by atoms with Crippen LogP contribution in [-0.2, 0) is 4.79 Å². The average Bonchev–Trinajstić information content (AvgIpc) is 2.28. The minimum absolute atomic E-state index is 0.319. The molecule has 1 fully saturated rings. The molecule has 1 aliphatic carbocycles. The molecule has 1 rings (SSSR count). The highest BCUT2D eigenvalue weighted by atomic mass is 16.1. The lowest BCUT2D eigenvalue weighted by atomic mass is 9.93. The Hall–Kier alpha value is -0.590. The van der Waals surface area contributed by atoms with Crippen molar-refractivity contribution in [2.24, 2.45) is 11.8 Å². The second-order valence-electron chi connectivity index (χ2n) is 4.11. The zero-order valence-corrected chi connectivity index (χ0v) is 8.26. The second-order valence-corrected chi connectivity index (χ2v) is 4.11. The van der Waals surface area contributed by atoms with Crippen molar-refractivity contribution in [3.63, 3.8) is 0 Å². The van der Waals surface area contributed by atoms with Gasteiger partial charge in [0.05, 0.1) is 0 Å². The topological polar surface area (TPSA) is 17.1 Å². The maximum atomic E-state index is 11.4. The highest BCUT2D eigenvalue weighted by Crippen LogP contribution is 2.31. The van der Waals surface area contributed by atoms with Gasteiger partial charge in [-0.2, -0.15) is 0 Å². The van der Waals surface area contributed by atoms with Gasteiger partial charge >= 0.3 is 0 Å². The fraction of sp³-hybridized carbons (Fsp3) is 0.727. The van der Waals surface area contributed by atoms with Crippen molar-refractivity contribution in [1.29, 1.82) is 0 Å². The highest BCUT2D eigenvalue weighted by Gasteiger charge is 2.29. The maximum absolute atomic E-state index is 11.4. The zero-order chi connectivity index (χ0) is 9.14. The number of allylic oxidation sites excluding steroid dienone is 2. The quantitative estimate of drug-likeness (QED) is 0.576. The molecule has 0 unspecified atom stereocenters. The van der Waals surface area contributed by atoms with Gasteiger partial charge in [0.15, 0.2) is 0 Å². The van der Waals surface area contributed by atoms with Gasteiger partial charge in [-0.1, -0.05) is 18.6 Å². The van der Waals surface area contributed by atoms with E-state index in [-0.39, 0.29) is 0 Å². The van der Waals surface area contributed by atoms with Crippen LogP contribution in [0.2, 0.25) is 0 Å². The van der Waals surface area contributed by atoms with Crippen LogP contribution in [0.4, 0.5) is 0 Å². The Morgan fingerprint density at radius 1 is 1.58 bits per heavy atom. The van der Waals surface area contributed by atoms with Crippen LogP contribution in [0.1, 0.15) is 40.0 Å². The van der Waals surface area contributed by atoms with E-state index in [4.69, 9.17) is 0 Å². The summed E-state index contributed by atoms with van der Waals surface area (Å²) in [6.07, 6.45) is 5.05. The number of rotatable bonds is 2. The predicted molar refractivity (Wildman–Crippen MR) is 50.9 cm³/mol. The van der Waals surface area contributed by atoms with E-state index < -0.39 is 0 Å². The van der Waals surface area contributed by atoms with Crippen LogP contribution < -0.4 is 0 Å². The summed E-state index contributed by atoms with van der Waals surface area (Å²) in [6.45, 7) is 6.36.